The number of rotatable bonds is 4. The third-order valence-corrected chi connectivity index (χ3v) is 2.88. The molecule has 0 fully saturated rings. The molecule has 0 aliphatic carbocycles. The summed E-state index contributed by atoms with van der Waals surface area (Å²) in [5.41, 5.74) is 2.86. The molecular formula is C15H22O2. The number of carbonyl (C=O) groups excluding carboxylic acids is 1. The highest BCUT2D eigenvalue weighted by molar-refractivity contribution is 5.69. The van der Waals surface area contributed by atoms with Crippen LogP contribution in [0.2, 0.25) is 0 Å². The minimum absolute atomic E-state index is 0.127. The number of aryl methyl sites for hydroxylation is 1. The second-order valence-corrected chi connectivity index (χ2v) is 5.34. The predicted molar refractivity (Wildman–Crippen MR) is 70.1 cm³/mol. The molecule has 2 nitrogen and oxygen atoms in total. The maximum atomic E-state index is 11.1. The highest BCUT2D eigenvalue weighted by Gasteiger charge is 2.16. The van der Waals surface area contributed by atoms with E-state index in [4.69, 9.17) is 0 Å². The molecule has 0 bridgehead atoms. The lowest BCUT2D eigenvalue weighted by Crippen LogP contribution is -2.14. The van der Waals surface area contributed by atoms with E-state index in [0.717, 1.165) is 12.8 Å². The Kier molecular flexibility index (Phi) is 4.73. The van der Waals surface area contributed by atoms with Crippen molar-refractivity contribution in [1.82, 2.24) is 0 Å². The number of hydrogen-bond acceptors (Lipinski definition) is 2. The van der Waals surface area contributed by atoms with Crippen molar-refractivity contribution in [3.05, 3.63) is 35.4 Å². The monoisotopic (exact) mass is 234 g/mol. The Hall–Kier alpha value is -1.31. The first-order valence-corrected chi connectivity index (χ1v) is 6.10. The van der Waals surface area contributed by atoms with Crippen LogP contribution in [0.15, 0.2) is 24.3 Å². The van der Waals surface area contributed by atoms with Gasteiger partial charge < -0.3 is 4.74 Å². The first kappa shape index (κ1) is 13.8. The first-order chi connectivity index (χ1) is 7.95. The molecule has 1 aromatic carbocycles. The van der Waals surface area contributed by atoms with Gasteiger partial charge >= 0.3 is 5.97 Å². The van der Waals surface area contributed by atoms with E-state index in [0.29, 0.717) is 6.42 Å². The average Bonchev–Trinajstić information content (AvgIpc) is 2.28. The van der Waals surface area contributed by atoms with Gasteiger partial charge in [0.2, 0.25) is 0 Å². The van der Waals surface area contributed by atoms with Crippen molar-refractivity contribution in [2.45, 2.75) is 45.4 Å². The van der Waals surface area contributed by atoms with Gasteiger partial charge in [-0.15, -0.1) is 0 Å². The maximum Gasteiger partial charge on any atom is 0.305 e. The lowest BCUT2D eigenvalue weighted by molar-refractivity contribution is -0.140. The van der Waals surface area contributed by atoms with Gasteiger partial charge in [0, 0.05) is 6.42 Å². The van der Waals surface area contributed by atoms with Gasteiger partial charge in [-0.05, 0) is 29.4 Å². The quantitative estimate of drug-likeness (QED) is 0.745. The number of hydrogen-bond donors (Lipinski definition) is 0. The molecule has 0 atom stereocenters. The van der Waals surface area contributed by atoms with Crippen LogP contribution in [0.3, 0.4) is 0 Å². The Balaban J connectivity index is 2.68. The Bertz CT molecular complexity index is 375. The summed E-state index contributed by atoms with van der Waals surface area (Å²) >= 11 is 0. The largest absolute Gasteiger partial charge is 0.469 e. The van der Waals surface area contributed by atoms with Crippen LogP contribution in [0.5, 0.6) is 0 Å². The molecule has 0 aromatic heterocycles. The van der Waals surface area contributed by atoms with E-state index >= 15 is 0 Å². The molecule has 0 unspecified atom stereocenters. The van der Waals surface area contributed by atoms with Crippen molar-refractivity contribution in [1.29, 1.82) is 0 Å². The van der Waals surface area contributed by atoms with E-state index in [2.05, 4.69) is 49.8 Å². The van der Waals surface area contributed by atoms with Gasteiger partial charge in [0.05, 0.1) is 7.11 Å². The highest BCUT2D eigenvalue weighted by atomic mass is 16.5. The van der Waals surface area contributed by atoms with Gasteiger partial charge in [-0.25, -0.2) is 0 Å². The minimum atomic E-state index is -0.127. The number of esters is 1. The van der Waals surface area contributed by atoms with E-state index in [1.807, 2.05) is 0 Å². The van der Waals surface area contributed by atoms with Crippen molar-refractivity contribution in [3.8, 4) is 0 Å². The zero-order chi connectivity index (χ0) is 12.9. The lowest BCUT2D eigenvalue weighted by atomic mass is 9.82. The van der Waals surface area contributed by atoms with E-state index < -0.39 is 0 Å². The number of methoxy groups -OCH3 is 1. The molecular weight excluding hydrogens is 212 g/mol. The average molecular weight is 234 g/mol. The lowest BCUT2D eigenvalue weighted by Gasteiger charge is -2.22. The standard InChI is InChI=1S/C15H22O2/c1-15(2,3)13-10-6-5-8-12(13)9-7-11-14(16)17-4/h5-6,8,10H,7,9,11H2,1-4H3. The first-order valence-electron chi connectivity index (χ1n) is 6.10. The smallest absolute Gasteiger partial charge is 0.305 e. The van der Waals surface area contributed by atoms with Crippen LogP contribution < -0.4 is 0 Å². The second-order valence-electron chi connectivity index (χ2n) is 5.34. The van der Waals surface area contributed by atoms with E-state index in [9.17, 15) is 4.79 Å². The van der Waals surface area contributed by atoms with Crippen molar-refractivity contribution >= 4 is 5.97 Å². The second kappa shape index (κ2) is 5.85. The van der Waals surface area contributed by atoms with Gasteiger partial charge in [-0.1, -0.05) is 45.0 Å². The molecule has 94 valence electrons. The highest BCUT2D eigenvalue weighted by Crippen LogP contribution is 2.26. The molecule has 2 heteroatoms. The molecule has 0 N–H and O–H groups in total. The third-order valence-electron chi connectivity index (χ3n) is 2.88. The molecule has 0 amide bonds. The SMILES string of the molecule is COC(=O)CCCc1ccccc1C(C)(C)C. The van der Waals surface area contributed by atoms with Gasteiger partial charge in [0.1, 0.15) is 0 Å². The van der Waals surface area contributed by atoms with Gasteiger partial charge in [0.15, 0.2) is 0 Å². The molecule has 0 heterocycles. The summed E-state index contributed by atoms with van der Waals surface area (Å²) < 4.78 is 4.65. The molecule has 17 heavy (non-hydrogen) atoms. The van der Waals surface area contributed by atoms with Crippen molar-refractivity contribution in [2.75, 3.05) is 7.11 Å². The summed E-state index contributed by atoms with van der Waals surface area (Å²) in [6, 6.07) is 8.46. The van der Waals surface area contributed by atoms with Crippen LogP contribution in [0.1, 0.15) is 44.7 Å². The van der Waals surface area contributed by atoms with Gasteiger partial charge in [-0.2, -0.15) is 0 Å². The molecule has 0 saturated heterocycles. The van der Waals surface area contributed by atoms with Crippen LogP contribution in [0.4, 0.5) is 0 Å². The third kappa shape index (κ3) is 4.22. The van der Waals surface area contributed by atoms with Crippen LogP contribution in [0.25, 0.3) is 0 Å². The molecule has 0 spiro atoms. The number of carbonyl (C=O) groups is 1. The summed E-state index contributed by atoms with van der Waals surface area (Å²) in [4.78, 5) is 11.1. The number of benzene rings is 1. The van der Waals surface area contributed by atoms with Crippen molar-refractivity contribution < 1.29 is 9.53 Å². The normalized spacial score (nSPS) is 11.3. The Morgan fingerprint density at radius 1 is 1.24 bits per heavy atom. The van der Waals surface area contributed by atoms with Crippen molar-refractivity contribution in [2.24, 2.45) is 0 Å². The van der Waals surface area contributed by atoms with Crippen LogP contribution in [-0.4, -0.2) is 13.1 Å². The van der Waals surface area contributed by atoms with E-state index in [1.54, 1.807) is 0 Å². The molecule has 1 aromatic rings. The van der Waals surface area contributed by atoms with Crippen molar-refractivity contribution in [3.63, 3.8) is 0 Å². The van der Waals surface area contributed by atoms with Gasteiger partial charge in [0.25, 0.3) is 0 Å². The topological polar surface area (TPSA) is 26.3 Å². The van der Waals surface area contributed by atoms with E-state index in [1.165, 1.54) is 18.2 Å². The summed E-state index contributed by atoms with van der Waals surface area (Å²) in [5, 5.41) is 0. The van der Waals surface area contributed by atoms with Crippen LogP contribution >= 0.6 is 0 Å². The Labute approximate surface area is 104 Å². The Morgan fingerprint density at radius 2 is 1.88 bits per heavy atom. The maximum absolute atomic E-state index is 11.1. The minimum Gasteiger partial charge on any atom is -0.469 e. The summed E-state index contributed by atoms with van der Waals surface area (Å²) in [7, 11) is 1.44. The summed E-state index contributed by atoms with van der Waals surface area (Å²) in [6.07, 6.45) is 2.28. The molecule has 0 saturated carbocycles. The van der Waals surface area contributed by atoms with Crippen LogP contribution in [-0.2, 0) is 21.4 Å². The van der Waals surface area contributed by atoms with Crippen LogP contribution in [0, 0.1) is 0 Å². The zero-order valence-corrected chi connectivity index (χ0v) is 11.2. The van der Waals surface area contributed by atoms with E-state index in [-0.39, 0.29) is 11.4 Å². The fourth-order valence-corrected chi connectivity index (χ4v) is 2.00. The van der Waals surface area contributed by atoms with Gasteiger partial charge in [-0.3, -0.25) is 4.79 Å². The fourth-order valence-electron chi connectivity index (χ4n) is 2.00. The molecule has 0 radical (unpaired) electrons. The predicted octanol–water partition coefficient (Wildman–Crippen LogP) is 3.48. The fraction of sp³-hybridized carbons (Fsp3) is 0.533. The zero-order valence-electron chi connectivity index (χ0n) is 11.2. The molecule has 0 aliphatic rings. The molecule has 1 rings (SSSR count). The number of ether oxygens (including phenoxy) is 1. The Morgan fingerprint density at radius 3 is 2.47 bits per heavy atom. The summed E-state index contributed by atoms with van der Waals surface area (Å²) in [6.45, 7) is 6.64. The molecule has 0 aliphatic heterocycles. The summed E-state index contributed by atoms with van der Waals surface area (Å²) in [5.74, 6) is -0.127.